The molecule has 3 N–H and O–H groups in total. The zero-order valence-electron chi connectivity index (χ0n) is 21.6. The smallest absolute Gasteiger partial charge is 0.257 e. The number of carbonyl (C=O) groups excluding carboxylic acids is 1. The van der Waals surface area contributed by atoms with Crippen molar-refractivity contribution < 1.29 is 9.18 Å². The van der Waals surface area contributed by atoms with E-state index in [1.165, 1.54) is 12.1 Å². The number of likely N-dealkylation sites (tertiary alicyclic amines) is 1. The highest BCUT2D eigenvalue weighted by Gasteiger charge is 2.30. The first kappa shape index (κ1) is 25.2. The quantitative estimate of drug-likeness (QED) is 0.371. The molecule has 2 aromatic carbocycles. The highest BCUT2D eigenvalue weighted by Crippen LogP contribution is 2.40. The molecule has 0 unspecified atom stereocenters. The molecule has 8 heteroatoms. The third-order valence-corrected chi connectivity index (χ3v) is 7.45. The van der Waals surface area contributed by atoms with Gasteiger partial charge in [-0.05, 0) is 61.8 Å². The molecule has 0 radical (unpaired) electrons. The number of halogens is 1. The van der Waals surface area contributed by atoms with Gasteiger partial charge in [0.25, 0.3) is 5.91 Å². The van der Waals surface area contributed by atoms with Gasteiger partial charge >= 0.3 is 0 Å². The summed E-state index contributed by atoms with van der Waals surface area (Å²) in [7, 11) is 0. The molecule has 194 valence electrons. The number of nitrogens with one attached hydrogen (secondary N) is 3. The molecule has 3 heterocycles. The topological polar surface area (TPSA) is 76.3 Å². The number of aromatic nitrogens is 2. The molecule has 0 spiro atoms. The van der Waals surface area contributed by atoms with Crippen LogP contribution in [-0.2, 0) is 4.79 Å². The Bertz CT molecular complexity index is 1260. The fourth-order valence-corrected chi connectivity index (χ4v) is 5.31. The highest BCUT2D eigenvalue weighted by molar-refractivity contribution is 6.38. The minimum absolute atomic E-state index is 0.218. The maximum Gasteiger partial charge on any atom is 0.257 e. The Morgan fingerprint density at radius 3 is 2.68 bits per heavy atom. The van der Waals surface area contributed by atoms with Crippen molar-refractivity contribution in [3.63, 3.8) is 0 Å². The average molecular weight is 503 g/mol. The van der Waals surface area contributed by atoms with E-state index in [1.54, 1.807) is 24.5 Å². The SMILES string of the molecule is CCN(CC)CCN1CCC(Nc2ccc3c(c2)C(=C(c2cccc(F)c2)c2ncc[nH]2)C(=O)N3)CC1. The van der Waals surface area contributed by atoms with Crippen molar-refractivity contribution in [2.24, 2.45) is 0 Å². The second-order valence-electron chi connectivity index (χ2n) is 9.70. The molecule has 0 aliphatic carbocycles. The predicted octanol–water partition coefficient (Wildman–Crippen LogP) is 4.68. The summed E-state index contributed by atoms with van der Waals surface area (Å²) in [4.78, 5) is 25.7. The molecule has 2 aliphatic rings. The Kier molecular flexibility index (Phi) is 7.67. The van der Waals surface area contributed by atoms with E-state index in [2.05, 4.69) is 44.2 Å². The van der Waals surface area contributed by atoms with E-state index < -0.39 is 0 Å². The van der Waals surface area contributed by atoms with Crippen molar-refractivity contribution in [2.45, 2.75) is 32.7 Å². The Balaban J connectivity index is 1.36. The largest absolute Gasteiger partial charge is 0.382 e. The van der Waals surface area contributed by atoms with Gasteiger partial charge in [-0.1, -0.05) is 26.0 Å². The van der Waals surface area contributed by atoms with Gasteiger partial charge in [0.2, 0.25) is 0 Å². The number of H-pyrrole nitrogens is 1. The minimum Gasteiger partial charge on any atom is -0.382 e. The van der Waals surface area contributed by atoms with Crippen molar-refractivity contribution in [1.29, 1.82) is 0 Å². The van der Waals surface area contributed by atoms with Crippen LogP contribution in [0.4, 0.5) is 15.8 Å². The number of anilines is 2. The lowest BCUT2D eigenvalue weighted by Gasteiger charge is -2.34. The lowest BCUT2D eigenvalue weighted by molar-refractivity contribution is -0.110. The first-order valence-corrected chi connectivity index (χ1v) is 13.2. The van der Waals surface area contributed by atoms with E-state index in [0.29, 0.717) is 28.6 Å². The number of nitrogens with zero attached hydrogens (tertiary/aromatic N) is 3. The summed E-state index contributed by atoms with van der Waals surface area (Å²) in [5.41, 5.74) is 4.19. The average Bonchev–Trinajstić information content (AvgIpc) is 3.54. The van der Waals surface area contributed by atoms with Crippen LogP contribution in [0, 0.1) is 5.82 Å². The molecule has 1 amide bonds. The second kappa shape index (κ2) is 11.3. The van der Waals surface area contributed by atoms with E-state index in [9.17, 15) is 9.18 Å². The van der Waals surface area contributed by atoms with Gasteiger partial charge in [-0.3, -0.25) is 4.79 Å². The van der Waals surface area contributed by atoms with Gasteiger partial charge in [-0.25, -0.2) is 9.37 Å². The molecule has 0 saturated carbocycles. The number of rotatable bonds is 9. The summed E-state index contributed by atoms with van der Waals surface area (Å²) in [5.74, 6) is -0.0528. The Morgan fingerprint density at radius 1 is 1.16 bits per heavy atom. The van der Waals surface area contributed by atoms with Gasteiger partial charge in [-0.2, -0.15) is 0 Å². The van der Waals surface area contributed by atoms with Crippen molar-refractivity contribution >= 4 is 28.4 Å². The number of benzene rings is 2. The van der Waals surface area contributed by atoms with Crippen LogP contribution in [0.15, 0.2) is 54.9 Å². The van der Waals surface area contributed by atoms with Crippen molar-refractivity contribution in [2.75, 3.05) is 49.9 Å². The maximum absolute atomic E-state index is 14.2. The summed E-state index contributed by atoms with van der Waals surface area (Å²) < 4.78 is 14.2. The minimum atomic E-state index is -0.361. The number of carbonyl (C=O) groups is 1. The maximum atomic E-state index is 14.2. The summed E-state index contributed by atoms with van der Waals surface area (Å²) in [6, 6.07) is 12.6. The Labute approximate surface area is 217 Å². The second-order valence-corrected chi connectivity index (χ2v) is 9.70. The molecule has 1 aromatic heterocycles. The standard InChI is InChI=1S/C29H35FN6O/c1-3-35(4-2)16-17-36-14-10-22(11-15-36)33-23-8-9-25-24(19-23)27(29(37)34-25)26(28-31-12-13-32-28)20-6-5-7-21(30)18-20/h5-9,12-13,18-19,22,33H,3-4,10-11,14-17H2,1-2H3,(H,31,32)(H,34,37). The molecule has 2 aliphatic heterocycles. The summed E-state index contributed by atoms with van der Waals surface area (Å²) in [5, 5.41) is 6.67. The van der Waals surface area contributed by atoms with Crippen LogP contribution in [0.2, 0.25) is 0 Å². The number of amides is 1. The van der Waals surface area contributed by atoms with Gasteiger partial charge in [0.05, 0.1) is 5.57 Å². The molecule has 3 aromatic rings. The van der Waals surface area contributed by atoms with E-state index in [4.69, 9.17) is 0 Å². The van der Waals surface area contributed by atoms with Gasteiger partial charge in [0.15, 0.2) is 0 Å². The van der Waals surface area contributed by atoms with Gasteiger partial charge in [0, 0.05) is 67.1 Å². The number of fused-ring (bicyclic) bond motifs is 1. The molecule has 37 heavy (non-hydrogen) atoms. The number of hydrogen-bond acceptors (Lipinski definition) is 5. The van der Waals surface area contributed by atoms with Crippen LogP contribution >= 0.6 is 0 Å². The summed E-state index contributed by atoms with van der Waals surface area (Å²) in [6.45, 7) is 11.0. The number of imidazole rings is 1. The van der Waals surface area contributed by atoms with Gasteiger partial charge in [-0.15, -0.1) is 0 Å². The Hall–Kier alpha value is -3.49. The first-order valence-electron chi connectivity index (χ1n) is 13.2. The van der Waals surface area contributed by atoms with Crippen LogP contribution in [0.1, 0.15) is 43.6 Å². The van der Waals surface area contributed by atoms with Crippen LogP contribution in [0.3, 0.4) is 0 Å². The monoisotopic (exact) mass is 502 g/mol. The third-order valence-electron chi connectivity index (χ3n) is 7.45. The van der Waals surface area contributed by atoms with E-state index >= 15 is 0 Å². The molecule has 0 atom stereocenters. The highest BCUT2D eigenvalue weighted by atomic mass is 19.1. The molecular weight excluding hydrogens is 467 g/mol. The zero-order chi connectivity index (χ0) is 25.8. The molecule has 0 bridgehead atoms. The normalized spacial score (nSPS) is 17.7. The van der Waals surface area contributed by atoms with Crippen LogP contribution in [-0.4, -0.2) is 71.0 Å². The van der Waals surface area contributed by atoms with Crippen LogP contribution < -0.4 is 10.6 Å². The first-order chi connectivity index (χ1) is 18.1. The van der Waals surface area contributed by atoms with Crippen LogP contribution in [0.25, 0.3) is 11.1 Å². The molecule has 1 fully saturated rings. The lowest BCUT2D eigenvalue weighted by Crippen LogP contribution is -2.42. The van der Waals surface area contributed by atoms with Crippen molar-refractivity contribution in [3.8, 4) is 0 Å². The number of hydrogen-bond donors (Lipinski definition) is 3. The number of piperidine rings is 1. The zero-order valence-corrected chi connectivity index (χ0v) is 21.6. The van der Waals surface area contributed by atoms with Crippen LogP contribution in [0.5, 0.6) is 0 Å². The van der Waals surface area contributed by atoms with Crippen molar-refractivity contribution in [1.82, 2.24) is 19.8 Å². The number of likely N-dealkylation sites (N-methyl/N-ethyl adjacent to an activating group) is 1. The third kappa shape index (κ3) is 5.60. The fourth-order valence-electron chi connectivity index (χ4n) is 5.31. The lowest BCUT2D eigenvalue weighted by atomic mass is 9.94. The molecular formula is C29H35FN6O. The predicted molar refractivity (Wildman–Crippen MR) is 147 cm³/mol. The fraction of sp³-hybridized carbons (Fsp3) is 0.379. The van der Waals surface area contributed by atoms with E-state index in [0.717, 1.165) is 69.0 Å². The molecule has 1 saturated heterocycles. The molecule has 7 nitrogen and oxygen atoms in total. The van der Waals surface area contributed by atoms with E-state index in [-0.39, 0.29) is 11.7 Å². The Morgan fingerprint density at radius 2 is 1.97 bits per heavy atom. The van der Waals surface area contributed by atoms with E-state index in [1.807, 2.05) is 18.2 Å². The summed E-state index contributed by atoms with van der Waals surface area (Å²) >= 11 is 0. The van der Waals surface area contributed by atoms with Gasteiger partial charge < -0.3 is 25.4 Å². The van der Waals surface area contributed by atoms with Crippen molar-refractivity contribution in [3.05, 3.63) is 77.6 Å². The number of aromatic amines is 1. The summed E-state index contributed by atoms with van der Waals surface area (Å²) in [6.07, 6.45) is 5.50. The van der Waals surface area contributed by atoms with Gasteiger partial charge in [0.1, 0.15) is 11.6 Å². The molecule has 5 rings (SSSR count).